The molecule has 3 aromatic carbocycles. The lowest BCUT2D eigenvalue weighted by Gasteiger charge is -2.42. The smallest absolute Gasteiger partial charge is 0.341 e. The van der Waals surface area contributed by atoms with Gasteiger partial charge in [0.25, 0.3) is 0 Å². The van der Waals surface area contributed by atoms with E-state index in [-0.39, 0.29) is 29.5 Å². The first-order valence-corrected chi connectivity index (χ1v) is 13.1. The van der Waals surface area contributed by atoms with E-state index in [1.807, 2.05) is 49.4 Å². The van der Waals surface area contributed by atoms with Crippen molar-refractivity contribution in [1.29, 1.82) is 0 Å². The van der Waals surface area contributed by atoms with Crippen LogP contribution in [0.4, 0.5) is 0 Å². The molecule has 3 aromatic rings. The first-order chi connectivity index (χ1) is 18.1. The second-order valence-corrected chi connectivity index (χ2v) is 10.8. The third-order valence-corrected chi connectivity index (χ3v) is 7.84. The summed E-state index contributed by atoms with van der Waals surface area (Å²) < 4.78 is 18.0. The lowest BCUT2D eigenvalue weighted by Crippen LogP contribution is -2.35. The van der Waals surface area contributed by atoms with Crippen molar-refractivity contribution < 1.29 is 24.1 Å². The van der Waals surface area contributed by atoms with Crippen LogP contribution >= 0.6 is 0 Å². The standard InChI is InChI=1S/C33H38O5/c1-21(2)27-19-28(23-11-10-14-26(17-23)36-6)22(3)38-32(27)29-18-25(15-16-30(29)37-20-31(34)35)33(4,5)24-12-8-7-9-13-24/h7-18,22,27-28,32H,1,19-20H2,2-6H3,(H,34,35)/t22-,27-,28-,32-/m0/s1. The van der Waals surface area contributed by atoms with E-state index in [0.717, 1.165) is 28.9 Å². The highest BCUT2D eigenvalue weighted by molar-refractivity contribution is 5.68. The second kappa shape index (κ2) is 11.4. The molecule has 1 aliphatic heterocycles. The SMILES string of the molecule is C=C(C)[C@@H]1C[C@H](c2cccc(OC)c2)[C@H](C)O[C@@H]1c1cc(C(C)(C)c2ccccc2)ccc1OCC(=O)O. The van der Waals surface area contributed by atoms with E-state index < -0.39 is 12.6 Å². The van der Waals surface area contributed by atoms with Crippen LogP contribution in [0.25, 0.3) is 0 Å². The maximum absolute atomic E-state index is 11.4. The number of ether oxygens (including phenoxy) is 3. The molecule has 1 N–H and O–H groups in total. The van der Waals surface area contributed by atoms with Gasteiger partial charge in [-0.25, -0.2) is 4.79 Å². The number of aliphatic carboxylic acids is 1. The van der Waals surface area contributed by atoms with Gasteiger partial charge in [0.1, 0.15) is 11.5 Å². The van der Waals surface area contributed by atoms with Gasteiger partial charge in [-0.1, -0.05) is 74.5 Å². The summed E-state index contributed by atoms with van der Waals surface area (Å²) in [6, 6.07) is 24.5. The Morgan fingerprint density at radius 1 is 1.05 bits per heavy atom. The molecule has 1 heterocycles. The summed E-state index contributed by atoms with van der Waals surface area (Å²) in [6.07, 6.45) is 0.444. The van der Waals surface area contributed by atoms with Crippen molar-refractivity contribution in [2.75, 3.05) is 13.7 Å². The summed E-state index contributed by atoms with van der Waals surface area (Å²) in [6.45, 7) is 12.4. The normalized spacial score (nSPS) is 21.5. The Hall–Kier alpha value is -3.57. The Balaban J connectivity index is 1.76. The molecule has 1 saturated heterocycles. The van der Waals surface area contributed by atoms with Crippen LogP contribution in [0.3, 0.4) is 0 Å². The van der Waals surface area contributed by atoms with E-state index in [1.54, 1.807) is 7.11 Å². The van der Waals surface area contributed by atoms with Crippen LogP contribution in [0.2, 0.25) is 0 Å². The lowest BCUT2D eigenvalue weighted by atomic mass is 9.74. The minimum atomic E-state index is -1.02. The predicted molar refractivity (Wildman–Crippen MR) is 150 cm³/mol. The Labute approximate surface area is 226 Å². The van der Waals surface area contributed by atoms with Gasteiger partial charge in [-0.15, -0.1) is 0 Å². The molecule has 200 valence electrons. The van der Waals surface area contributed by atoms with E-state index in [2.05, 4.69) is 57.7 Å². The number of carboxylic acids is 1. The van der Waals surface area contributed by atoms with Gasteiger partial charge in [0.2, 0.25) is 0 Å². The largest absolute Gasteiger partial charge is 0.497 e. The minimum absolute atomic E-state index is 0.0182. The molecule has 4 rings (SSSR count). The fourth-order valence-corrected chi connectivity index (χ4v) is 5.49. The first kappa shape index (κ1) is 27.5. The highest BCUT2D eigenvalue weighted by Gasteiger charge is 2.40. The zero-order valence-corrected chi connectivity index (χ0v) is 22.9. The Kier molecular flexibility index (Phi) is 8.27. The number of rotatable bonds is 9. The molecule has 1 fully saturated rings. The van der Waals surface area contributed by atoms with Crippen molar-refractivity contribution in [3.8, 4) is 11.5 Å². The maximum atomic E-state index is 11.4. The summed E-state index contributed by atoms with van der Waals surface area (Å²) in [4.78, 5) is 11.4. The minimum Gasteiger partial charge on any atom is -0.497 e. The summed E-state index contributed by atoms with van der Waals surface area (Å²) in [5.74, 6) is 0.518. The van der Waals surface area contributed by atoms with Gasteiger partial charge in [0, 0.05) is 22.8 Å². The summed E-state index contributed by atoms with van der Waals surface area (Å²) >= 11 is 0. The van der Waals surface area contributed by atoms with Gasteiger partial charge in [0.05, 0.1) is 19.3 Å². The number of benzene rings is 3. The Morgan fingerprint density at radius 2 is 1.79 bits per heavy atom. The highest BCUT2D eigenvalue weighted by atomic mass is 16.5. The van der Waals surface area contributed by atoms with Gasteiger partial charge in [0.15, 0.2) is 6.61 Å². The molecule has 0 aromatic heterocycles. The van der Waals surface area contributed by atoms with Gasteiger partial charge in [-0.05, 0) is 61.2 Å². The number of methoxy groups -OCH3 is 1. The van der Waals surface area contributed by atoms with Crippen LogP contribution in [-0.4, -0.2) is 30.9 Å². The van der Waals surface area contributed by atoms with Crippen molar-refractivity contribution in [2.45, 2.75) is 57.7 Å². The molecular weight excluding hydrogens is 476 g/mol. The van der Waals surface area contributed by atoms with Crippen LogP contribution in [0.5, 0.6) is 11.5 Å². The number of hydrogen-bond acceptors (Lipinski definition) is 4. The number of carboxylic acid groups (broad SMARTS) is 1. The second-order valence-electron chi connectivity index (χ2n) is 10.8. The fraction of sp³-hybridized carbons (Fsp3) is 0.364. The van der Waals surface area contributed by atoms with Crippen molar-refractivity contribution in [3.05, 3.63) is 107 Å². The van der Waals surface area contributed by atoms with Crippen LogP contribution in [0, 0.1) is 5.92 Å². The molecule has 1 aliphatic rings. The third kappa shape index (κ3) is 5.78. The van der Waals surface area contributed by atoms with Crippen LogP contribution in [0.1, 0.15) is 68.4 Å². The van der Waals surface area contributed by atoms with Crippen molar-refractivity contribution in [1.82, 2.24) is 0 Å². The molecule has 0 aliphatic carbocycles. The van der Waals surface area contributed by atoms with Crippen molar-refractivity contribution >= 4 is 5.97 Å². The monoisotopic (exact) mass is 514 g/mol. The van der Waals surface area contributed by atoms with Gasteiger partial charge < -0.3 is 19.3 Å². The zero-order valence-electron chi connectivity index (χ0n) is 22.9. The van der Waals surface area contributed by atoms with Gasteiger partial charge >= 0.3 is 5.97 Å². The molecule has 0 unspecified atom stereocenters. The first-order valence-electron chi connectivity index (χ1n) is 13.1. The van der Waals surface area contributed by atoms with E-state index in [9.17, 15) is 9.90 Å². The molecular formula is C33H38O5. The number of carbonyl (C=O) groups is 1. The molecule has 5 nitrogen and oxygen atoms in total. The molecule has 0 saturated carbocycles. The molecule has 0 bridgehead atoms. The summed E-state index contributed by atoms with van der Waals surface area (Å²) in [5, 5.41) is 9.31. The van der Waals surface area contributed by atoms with Crippen LogP contribution in [0.15, 0.2) is 84.9 Å². The molecule has 0 spiro atoms. The summed E-state index contributed by atoms with van der Waals surface area (Å²) in [7, 11) is 1.68. The van der Waals surface area contributed by atoms with E-state index in [0.29, 0.717) is 5.75 Å². The zero-order chi connectivity index (χ0) is 27.4. The average molecular weight is 515 g/mol. The molecule has 0 radical (unpaired) electrons. The lowest BCUT2D eigenvalue weighted by molar-refractivity contribution is -0.139. The third-order valence-electron chi connectivity index (χ3n) is 7.84. The Morgan fingerprint density at radius 3 is 2.45 bits per heavy atom. The predicted octanol–water partition coefficient (Wildman–Crippen LogP) is 7.31. The van der Waals surface area contributed by atoms with E-state index >= 15 is 0 Å². The summed E-state index contributed by atoms with van der Waals surface area (Å²) in [5.41, 5.74) is 5.07. The number of hydrogen-bond donors (Lipinski definition) is 1. The van der Waals surface area contributed by atoms with Gasteiger partial charge in [-0.3, -0.25) is 0 Å². The molecule has 0 amide bonds. The highest BCUT2D eigenvalue weighted by Crippen LogP contribution is 2.49. The Bertz CT molecular complexity index is 1280. The van der Waals surface area contributed by atoms with Crippen LogP contribution < -0.4 is 9.47 Å². The van der Waals surface area contributed by atoms with Crippen molar-refractivity contribution in [3.63, 3.8) is 0 Å². The molecule has 4 atom stereocenters. The van der Waals surface area contributed by atoms with Gasteiger partial charge in [-0.2, -0.15) is 0 Å². The van der Waals surface area contributed by atoms with E-state index in [1.165, 1.54) is 11.1 Å². The maximum Gasteiger partial charge on any atom is 0.341 e. The fourth-order valence-electron chi connectivity index (χ4n) is 5.49. The molecule has 38 heavy (non-hydrogen) atoms. The van der Waals surface area contributed by atoms with E-state index in [4.69, 9.17) is 14.2 Å². The quantitative estimate of drug-likeness (QED) is 0.303. The molecule has 5 heteroatoms. The van der Waals surface area contributed by atoms with Crippen LogP contribution in [-0.2, 0) is 14.9 Å². The topological polar surface area (TPSA) is 65.0 Å². The van der Waals surface area contributed by atoms with Crippen molar-refractivity contribution in [2.24, 2.45) is 5.92 Å². The average Bonchev–Trinajstić information content (AvgIpc) is 2.92.